The number of allylic oxidation sites excluding steroid dienone is 1. The molecule has 0 fully saturated rings. The van der Waals surface area contributed by atoms with Crippen molar-refractivity contribution in [3.8, 4) is 5.75 Å². The van der Waals surface area contributed by atoms with Crippen LogP contribution in [0.4, 0.5) is 23.7 Å². The number of amides is 3. The van der Waals surface area contributed by atoms with Crippen molar-refractivity contribution in [2.24, 2.45) is 0 Å². The summed E-state index contributed by atoms with van der Waals surface area (Å²) >= 11 is 0. The number of aromatic amines is 1. The Morgan fingerprint density at radius 3 is 2.68 bits per heavy atom. The van der Waals surface area contributed by atoms with Crippen LogP contribution in [-0.4, -0.2) is 77.6 Å². The van der Waals surface area contributed by atoms with Gasteiger partial charge in [0, 0.05) is 26.4 Å². The lowest BCUT2D eigenvalue weighted by Gasteiger charge is -2.17. The number of nitrogens with one attached hydrogen (secondary N) is 3. The van der Waals surface area contributed by atoms with Gasteiger partial charge in [-0.05, 0) is 37.1 Å². The normalized spacial score (nSPS) is 12.0. The third-order valence-electron chi connectivity index (χ3n) is 5.65. The second kappa shape index (κ2) is 14.0. The van der Waals surface area contributed by atoms with Crippen molar-refractivity contribution in [1.82, 2.24) is 24.8 Å². The summed E-state index contributed by atoms with van der Waals surface area (Å²) in [7, 11) is 4.31. The number of ether oxygens (including phenoxy) is 2. The number of likely N-dealkylation sites (N-methyl/N-ethyl adjacent to an activating group) is 1. The van der Waals surface area contributed by atoms with Crippen LogP contribution in [0.25, 0.3) is 11.0 Å². The number of pyridine rings is 1. The van der Waals surface area contributed by atoms with E-state index in [-0.39, 0.29) is 53.6 Å². The number of nitrogens with zero attached hydrogens (tertiary/aromatic N) is 3. The molecule has 12 nitrogen and oxygen atoms in total. The van der Waals surface area contributed by atoms with Gasteiger partial charge in [-0.15, -0.1) is 0 Å². The third-order valence-corrected chi connectivity index (χ3v) is 5.65. The Bertz CT molecular complexity index is 1490. The number of halogens is 3. The standard InChI is InChI=1S/C26H29F3N6O6/c1-34(2)22(36)9-5-4-7-16(32-26(39)40-3)24(37)31-17-8-6-10-35(25(17)38)13-21-30-18-11-15(27)12-19(23(18)33-21)41-14-20(28)29/h5-6,8-12,16,20H,4,7,13-14H2,1-3H3,(H,30,33)(H,31,37)(H,32,39). The molecule has 41 heavy (non-hydrogen) atoms. The van der Waals surface area contributed by atoms with Gasteiger partial charge in [0.05, 0.1) is 19.2 Å². The quantitative estimate of drug-likeness (QED) is 0.280. The van der Waals surface area contributed by atoms with E-state index >= 15 is 0 Å². The molecule has 3 N–H and O–H groups in total. The molecule has 1 atom stereocenters. The molecule has 0 radical (unpaired) electrons. The smallest absolute Gasteiger partial charge is 0.407 e. The molecule has 220 valence electrons. The fourth-order valence-corrected chi connectivity index (χ4v) is 3.64. The number of benzene rings is 1. The first-order chi connectivity index (χ1) is 19.5. The second-order valence-corrected chi connectivity index (χ2v) is 8.93. The summed E-state index contributed by atoms with van der Waals surface area (Å²) in [5, 5.41) is 4.89. The van der Waals surface area contributed by atoms with E-state index in [1.807, 2.05) is 0 Å². The van der Waals surface area contributed by atoms with Crippen LogP contribution < -0.4 is 20.9 Å². The number of hydrogen-bond donors (Lipinski definition) is 3. The highest BCUT2D eigenvalue weighted by Gasteiger charge is 2.22. The first-order valence-corrected chi connectivity index (χ1v) is 12.3. The van der Waals surface area contributed by atoms with Crippen LogP contribution in [0.15, 0.2) is 47.4 Å². The molecule has 1 aromatic carbocycles. The van der Waals surface area contributed by atoms with E-state index in [0.717, 1.165) is 19.2 Å². The molecule has 1 unspecified atom stereocenters. The number of alkyl carbamates (subject to hydrolysis) is 1. The average molecular weight is 579 g/mol. The number of anilines is 1. The lowest BCUT2D eigenvalue weighted by atomic mass is 10.1. The minimum atomic E-state index is -2.77. The number of rotatable bonds is 12. The lowest BCUT2D eigenvalue weighted by Crippen LogP contribution is -2.44. The zero-order chi connectivity index (χ0) is 30.1. The highest BCUT2D eigenvalue weighted by Crippen LogP contribution is 2.26. The van der Waals surface area contributed by atoms with Crippen LogP contribution >= 0.6 is 0 Å². The molecule has 2 aromatic heterocycles. The number of aromatic nitrogens is 3. The van der Waals surface area contributed by atoms with E-state index in [9.17, 15) is 32.3 Å². The first kappa shape index (κ1) is 30.7. The maximum Gasteiger partial charge on any atom is 0.407 e. The number of fused-ring (bicyclic) bond motifs is 1. The summed E-state index contributed by atoms with van der Waals surface area (Å²) in [6, 6.07) is 3.82. The van der Waals surface area contributed by atoms with Crippen molar-refractivity contribution in [2.45, 2.75) is 31.9 Å². The van der Waals surface area contributed by atoms with E-state index in [1.54, 1.807) is 20.2 Å². The second-order valence-electron chi connectivity index (χ2n) is 8.93. The molecule has 2 heterocycles. The fourth-order valence-electron chi connectivity index (χ4n) is 3.64. The summed E-state index contributed by atoms with van der Waals surface area (Å²) in [4.78, 5) is 58.0. The van der Waals surface area contributed by atoms with Crippen molar-refractivity contribution in [3.63, 3.8) is 0 Å². The molecule has 3 aromatic rings. The van der Waals surface area contributed by atoms with Crippen LogP contribution in [0.5, 0.6) is 5.75 Å². The summed E-state index contributed by atoms with van der Waals surface area (Å²) in [6.07, 6.45) is 1.05. The average Bonchev–Trinajstić information content (AvgIpc) is 3.32. The molecule has 15 heteroatoms. The molecule has 0 aliphatic carbocycles. The number of methoxy groups -OCH3 is 1. The Kier molecular flexibility index (Phi) is 10.5. The molecule has 0 aliphatic heterocycles. The maximum absolute atomic E-state index is 14.0. The van der Waals surface area contributed by atoms with Crippen molar-refractivity contribution in [1.29, 1.82) is 0 Å². The van der Waals surface area contributed by atoms with Crippen LogP contribution in [0, 0.1) is 5.82 Å². The van der Waals surface area contributed by atoms with Gasteiger partial charge in [0.15, 0.2) is 0 Å². The Balaban J connectivity index is 1.77. The van der Waals surface area contributed by atoms with E-state index < -0.39 is 42.5 Å². The monoisotopic (exact) mass is 578 g/mol. The Labute approximate surface area is 232 Å². The van der Waals surface area contributed by atoms with Crippen LogP contribution in [0.1, 0.15) is 18.7 Å². The first-order valence-electron chi connectivity index (χ1n) is 12.3. The Hall–Kier alpha value is -4.82. The number of H-pyrrole nitrogens is 1. The van der Waals surface area contributed by atoms with Gasteiger partial charge >= 0.3 is 6.09 Å². The van der Waals surface area contributed by atoms with Crippen LogP contribution in [0.3, 0.4) is 0 Å². The minimum absolute atomic E-state index is 0.101. The van der Waals surface area contributed by atoms with Crippen molar-refractivity contribution in [3.05, 3.63) is 64.6 Å². The van der Waals surface area contributed by atoms with Crippen LogP contribution in [-0.2, 0) is 20.9 Å². The van der Waals surface area contributed by atoms with Gasteiger partial charge in [0.25, 0.3) is 12.0 Å². The largest absolute Gasteiger partial charge is 0.485 e. The Morgan fingerprint density at radius 2 is 2.00 bits per heavy atom. The number of imidazole rings is 1. The highest BCUT2D eigenvalue weighted by atomic mass is 19.3. The SMILES string of the molecule is COC(=O)NC(CCC=CC(=O)N(C)C)C(=O)Nc1cccn(Cc2nc3c(OCC(F)F)cc(F)cc3[nH]2)c1=O. The summed E-state index contributed by atoms with van der Waals surface area (Å²) in [5.74, 6) is -1.65. The molecule has 0 spiro atoms. The van der Waals surface area contributed by atoms with Gasteiger partial charge < -0.3 is 34.6 Å². The van der Waals surface area contributed by atoms with E-state index in [4.69, 9.17) is 4.74 Å². The molecule has 0 aliphatic rings. The summed E-state index contributed by atoms with van der Waals surface area (Å²) in [5.41, 5.74) is -0.428. The predicted molar refractivity (Wildman–Crippen MR) is 142 cm³/mol. The van der Waals surface area contributed by atoms with E-state index in [1.165, 1.54) is 33.9 Å². The maximum atomic E-state index is 14.0. The van der Waals surface area contributed by atoms with Gasteiger partial charge in [-0.3, -0.25) is 14.4 Å². The van der Waals surface area contributed by atoms with Gasteiger partial charge in [-0.25, -0.2) is 22.9 Å². The summed E-state index contributed by atoms with van der Waals surface area (Å²) < 4.78 is 49.9. The number of alkyl halides is 2. The van der Waals surface area contributed by atoms with Crippen molar-refractivity contribution < 1.29 is 37.0 Å². The number of hydrogen-bond acceptors (Lipinski definition) is 7. The van der Waals surface area contributed by atoms with E-state index in [2.05, 4.69) is 25.3 Å². The minimum Gasteiger partial charge on any atom is -0.485 e. The molecule has 3 amide bonds. The number of carbonyl (C=O) groups is 3. The highest BCUT2D eigenvalue weighted by molar-refractivity contribution is 5.96. The third kappa shape index (κ3) is 8.58. The Morgan fingerprint density at radius 1 is 1.24 bits per heavy atom. The topological polar surface area (TPSA) is 148 Å². The summed E-state index contributed by atoms with van der Waals surface area (Å²) in [6.45, 7) is -1.08. The number of carbonyl (C=O) groups excluding carboxylic acids is 3. The zero-order valence-electron chi connectivity index (χ0n) is 22.4. The zero-order valence-corrected chi connectivity index (χ0v) is 22.4. The molecule has 0 saturated carbocycles. The van der Waals surface area contributed by atoms with Gasteiger partial charge in [0.1, 0.15) is 41.2 Å². The predicted octanol–water partition coefficient (Wildman–Crippen LogP) is 2.64. The van der Waals surface area contributed by atoms with Gasteiger partial charge in [0.2, 0.25) is 11.8 Å². The van der Waals surface area contributed by atoms with Crippen molar-refractivity contribution in [2.75, 3.05) is 33.1 Å². The lowest BCUT2D eigenvalue weighted by molar-refractivity contribution is -0.123. The van der Waals surface area contributed by atoms with Gasteiger partial charge in [-0.1, -0.05) is 6.08 Å². The van der Waals surface area contributed by atoms with Gasteiger partial charge in [-0.2, -0.15) is 0 Å². The molecular formula is C26H29F3N6O6. The fraction of sp³-hybridized carbons (Fsp3) is 0.346. The van der Waals surface area contributed by atoms with Crippen molar-refractivity contribution >= 4 is 34.6 Å². The molecular weight excluding hydrogens is 549 g/mol. The molecule has 0 saturated heterocycles. The van der Waals surface area contributed by atoms with E-state index in [0.29, 0.717) is 0 Å². The molecule has 0 bridgehead atoms. The van der Waals surface area contributed by atoms with Crippen LogP contribution in [0.2, 0.25) is 0 Å². The molecule has 3 rings (SSSR count).